The third kappa shape index (κ3) is 2.91. The van der Waals surface area contributed by atoms with Crippen LogP contribution in [0.3, 0.4) is 0 Å². The van der Waals surface area contributed by atoms with Crippen molar-refractivity contribution < 1.29 is 14.5 Å². The summed E-state index contributed by atoms with van der Waals surface area (Å²) >= 11 is 0. The van der Waals surface area contributed by atoms with Gasteiger partial charge in [-0.3, -0.25) is 19.7 Å². The average molecular weight is 289 g/mol. The van der Waals surface area contributed by atoms with Crippen LogP contribution in [0.2, 0.25) is 0 Å². The number of nitrogens with two attached hydrogens (primary N) is 1. The minimum Gasteiger partial charge on any atom is -0.368 e. The van der Waals surface area contributed by atoms with Crippen LogP contribution < -0.4 is 5.73 Å². The second-order valence-electron chi connectivity index (χ2n) is 4.77. The van der Waals surface area contributed by atoms with Crippen LogP contribution >= 0.6 is 0 Å². The van der Waals surface area contributed by atoms with E-state index >= 15 is 0 Å². The highest BCUT2D eigenvalue weighted by Crippen LogP contribution is 2.29. The van der Waals surface area contributed by atoms with E-state index in [1.54, 1.807) is 25.3 Å². The lowest BCUT2D eigenvalue weighted by Gasteiger charge is -2.21. The molecule has 1 aromatic carbocycles. The Bertz CT molecular complexity index is 639. The number of carbonyl (C=O) groups excluding carboxylic acids is 2. The fourth-order valence-corrected chi connectivity index (χ4v) is 2.33. The molecule has 2 N–H and O–H groups in total. The van der Waals surface area contributed by atoms with Gasteiger partial charge in [-0.05, 0) is 17.6 Å². The number of benzene rings is 1. The molecular weight excluding hydrogens is 274 g/mol. The van der Waals surface area contributed by atoms with Gasteiger partial charge in [0.25, 0.3) is 5.69 Å². The molecule has 1 atom stereocenters. The highest BCUT2D eigenvalue weighted by atomic mass is 16.6. The predicted octanol–water partition coefficient (Wildman–Crippen LogP) is 1.43. The van der Waals surface area contributed by atoms with E-state index < -0.39 is 16.9 Å². The molecule has 21 heavy (non-hydrogen) atoms. The quantitative estimate of drug-likeness (QED) is 0.653. The van der Waals surface area contributed by atoms with Crippen molar-refractivity contribution in [2.75, 3.05) is 0 Å². The van der Waals surface area contributed by atoms with Gasteiger partial charge in [0, 0.05) is 18.3 Å². The minimum absolute atomic E-state index is 0.0405. The molecule has 0 aromatic heterocycles. The van der Waals surface area contributed by atoms with Crippen LogP contribution in [0.5, 0.6) is 0 Å². The monoisotopic (exact) mass is 289 g/mol. The van der Waals surface area contributed by atoms with Crippen molar-refractivity contribution >= 4 is 23.1 Å². The number of primary amides is 1. The summed E-state index contributed by atoms with van der Waals surface area (Å²) in [5.74, 6) is -0.801. The van der Waals surface area contributed by atoms with Gasteiger partial charge in [-0.25, -0.2) is 0 Å². The fourth-order valence-electron chi connectivity index (χ4n) is 2.33. The lowest BCUT2D eigenvalue weighted by Crippen LogP contribution is -2.42. The van der Waals surface area contributed by atoms with Crippen molar-refractivity contribution in [1.29, 1.82) is 0 Å². The molecule has 7 nitrogen and oxygen atoms in total. The smallest absolute Gasteiger partial charge is 0.270 e. The van der Waals surface area contributed by atoms with E-state index in [1.807, 2.05) is 0 Å². The van der Waals surface area contributed by atoms with Crippen molar-refractivity contribution in [2.45, 2.75) is 25.8 Å². The summed E-state index contributed by atoms with van der Waals surface area (Å²) in [4.78, 5) is 35.0. The van der Waals surface area contributed by atoms with Crippen LogP contribution in [0.25, 0.3) is 5.57 Å². The first-order valence-electron chi connectivity index (χ1n) is 6.50. The third-order valence-corrected chi connectivity index (χ3v) is 3.40. The van der Waals surface area contributed by atoms with Gasteiger partial charge in [0.2, 0.25) is 11.8 Å². The first-order chi connectivity index (χ1) is 9.93. The molecule has 0 aliphatic carbocycles. The molecule has 1 heterocycles. The second kappa shape index (κ2) is 5.74. The summed E-state index contributed by atoms with van der Waals surface area (Å²) in [7, 11) is 0. The Labute approximate surface area is 121 Å². The molecule has 0 unspecified atom stereocenters. The SMILES string of the molecule is CC[C@@H](C(N)=O)N1C=C(c2cccc([N+](=O)[O-])c2)CC1=O. The summed E-state index contributed by atoms with van der Waals surface area (Å²) in [6.07, 6.45) is 2.07. The Morgan fingerprint density at radius 1 is 1.52 bits per heavy atom. The largest absolute Gasteiger partial charge is 0.368 e. The van der Waals surface area contributed by atoms with Crippen molar-refractivity contribution in [3.05, 3.63) is 46.1 Å². The summed E-state index contributed by atoms with van der Waals surface area (Å²) in [5.41, 5.74) is 6.48. The molecule has 7 heteroatoms. The Kier molecular flexibility index (Phi) is 4.02. The van der Waals surface area contributed by atoms with Gasteiger partial charge < -0.3 is 10.6 Å². The highest BCUT2D eigenvalue weighted by molar-refractivity contribution is 5.98. The molecule has 110 valence electrons. The molecule has 0 saturated heterocycles. The van der Waals surface area contributed by atoms with Crippen molar-refractivity contribution in [2.24, 2.45) is 5.73 Å². The van der Waals surface area contributed by atoms with Gasteiger partial charge in [-0.2, -0.15) is 0 Å². The molecule has 1 aliphatic heterocycles. The van der Waals surface area contributed by atoms with Gasteiger partial charge in [0.15, 0.2) is 0 Å². The fraction of sp³-hybridized carbons (Fsp3) is 0.286. The van der Waals surface area contributed by atoms with E-state index in [0.29, 0.717) is 17.6 Å². The van der Waals surface area contributed by atoms with Gasteiger partial charge in [0.05, 0.1) is 11.3 Å². The maximum atomic E-state index is 12.0. The van der Waals surface area contributed by atoms with Crippen LogP contribution in [-0.2, 0) is 9.59 Å². The van der Waals surface area contributed by atoms with Crippen LogP contribution in [0, 0.1) is 10.1 Å². The number of nitro benzene ring substituents is 1. The van der Waals surface area contributed by atoms with Gasteiger partial charge in [-0.1, -0.05) is 19.1 Å². The van der Waals surface area contributed by atoms with Crippen molar-refractivity contribution in [3.63, 3.8) is 0 Å². The first-order valence-corrected chi connectivity index (χ1v) is 6.50. The Hall–Kier alpha value is -2.70. The van der Waals surface area contributed by atoms with E-state index in [-0.39, 0.29) is 18.0 Å². The van der Waals surface area contributed by atoms with E-state index in [9.17, 15) is 19.7 Å². The Morgan fingerprint density at radius 2 is 2.24 bits per heavy atom. The maximum absolute atomic E-state index is 12.0. The summed E-state index contributed by atoms with van der Waals surface area (Å²) < 4.78 is 0. The molecule has 0 radical (unpaired) electrons. The third-order valence-electron chi connectivity index (χ3n) is 3.40. The molecule has 0 saturated carbocycles. The molecule has 2 rings (SSSR count). The number of carbonyl (C=O) groups is 2. The summed E-state index contributed by atoms with van der Waals surface area (Å²) in [5, 5.41) is 10.8. The van der Waals surface area contributed by atoms with E-state index in [1.165, 1.54) is 17.0 Å². The molecule has 0 spiro atoms. The Morgan fingerprint density at radius 3 is 2.81 bits per heavy atom. The van der Waals surface area contributed by atoms with E-state index in [0.717, 1.165) is 0 Å². The second-order valence-corrected chi connectivity index (χ2v) is 4.77. The van der Waals surface area contributed by atoms with Gasteiger partial charge in [-0.15, -0.1) is 0 Å². The minimum atomic E-state index is -0.686. The lowest BCUT2D eigenvalue weighted by molar-refractivity contribution is -0.384. The Balaban J connectivity index is 2.33. The molecule has 2 amide bonds. The standard InChI is InChI=1S/C14H15N3O4/c1-2-12(14(15)19)16-8-10(7-13(16)18)9-4-3-5-11(6-9)17(20)21/h3-6,8,12H,2,7H2,1H3,(H2,15,19)/t12-/m0/s1. The zero-order valence-corrected chi connectivity index (χ0v) is 11.5. The van der Waals surface area contributed by atoms with Crippen LogP contribution in [0.1, 0.15) is 25.3 Å². The number of nitro groups is 1. The number of rotatable bonds is 5. The van der Waals surface area contributed by atoms with Crippen LogP contribution in [-0.4, -0.2) is 27.7 Å². The topological polar surface area (TPSA) is 107 Å². The highest BCUT2D eigenvalue weighted by Gasteiger charge is 2.31. The average Bonchev–Trinajstić information content (AvgIpc) is 2.81. The van der Waals surface area contributed by atoms with Crippen molar-refractivity contribution in [3.8, 4) is 0 Å². The number of hydrogen-bond acceptors (Lipinski definition) is 4. The predicted molar refractivity (Wildman–Crippen MR) is 75.8 cm³/mol. The lowest BCUT2D eigenvalue weighted by atomic mass is 10.1. The number of nitrogens with zero attached hydrogens (tertiary/aromatic N) is 2. The zero-order valence-electron chi connectivity index (χ0n) is 11.5. The van der Waals surface area contributed by atoms with Crippen molar-refractivity contribution in [1.82, 2.24) is 4.90 Å². The van der Waals surface area contributed by atoms with E-state index in [2.05, 4.69) is 0 Å². The zero-order chi connectivity index (χ0) is 15.6. The van der Waals surface area contributed by atoms with Crippen LogP contribution in [0.15, 0.2) is 30.5 Å². The maximum Gasteiger partial charge on any atom is 0.270 e. The molecule has 1 aliphatic rings. The number of hydrogen-bond donors (Lipinski definition) is 1. The molecule has 0 fully saturated rings. The van der Waals surface area contributed by atoms with E-state index in [4.69, 9.17) is 5.73 Å². The summed E-state index contributed by atoms with van der Waals surface area (Å²) in [6.45, 7) is 1.77. The molecule has 0 bridgehead atoms. The first kappa shape index (κ1) is 14.7. The molecular formula is C14H15N3O4. The normalized spacial score (nSPS) is 15.8. The molecule has 1 aromatic rings. The number of non-ortho nitro benzene ring substituents is 1. The summed E-state index contributed by atoms with van der Waals surface area (Å²) in [6, 6.07) is 5.37. The number of amides is 2. The van der Waals surface area contributed by atoms with Crippen LogP contribution in [0.4, 0.5) is 5.69 Å². The van der Waals surface area contributed by atoms with Gasteiger partial charge >= 0.3 is 0 Å². The van der Waals surface area contributed by atoms with Gasteiger partial charge in [0.1, 0.15) is 6.04 Å².